The van der Waals surface area contributed by atoms with Crippen molar-refractivity contribution in [2.45, 2.75) is 25.9 Å². The predicted molar refractivity (Wildman–Crippen MR) is 132 cm³/mol. The van der Waals surface area contributed by atoms with Crippen molar-refractivity contribution in [2.75, 3.05) is 31.0 Å². The Morgan fingerprint density at radius 2 is 2.03 bits per heavy atom. The quantitative estimate of drug-likeness (QED) is 0.457. The molecule has 3 aromatic rings. The number of carbonyl (C=O) groups is 1. The number of rotatable bonds is 7. The molecule has 1 aromatic carbocycles. The minimum absolute atomic E-state index is 0.0523. The van der Waals surface area contributed by atoms with Crippen LogP contribution in [0.5, 0.6) is 5.75 Å². The fourth-order valence-corrected chi connectivity index (χ4v) is 4.61. The van der Waals surface area contributed by atoms with Gasteiger partial charge in [0.1, 0.15) is 12.4 Å². The van der Waals surface area contributed by atoms with Crippen molar-refractivity contribution in [1.82, 2.24) is 15.3 Å². The zero-order valence-electron chi connectivity index (χ0n) is 19.0. The highest BCUT2D eigenvalue weighted by Crippen LogP contribution is 2.44. The Labute approximate surface area is 198 Å². The Morgan fingerprint density at radius 3 is 2.67 bits per heavy atom. The molecule has 0 spiro atoms. The van der Waals surface area contributed by atoms with Gasteiger partial charge in [-0.05, 0) is 68.0 Å². The van der Waals surface area contributed by atoms with Gasteiger partial charge in [0.05, 0.1) is 30.6 Å². The number of aromatic nitrogens is 2. The van der Waals surface area contributed by atoms with Gasteiger partial charge in [-0.1, -0.05) is 6.07 Å². The topological polar surface area (TPSA) is 91.5 Å². The van der Waals surface area contributed by atoms with E-state index in [2.05, 4.69) is 38.5 Å². The number of aromatic amines is 1. The number of nitrogens with zero attached hydrogens (tertiary/aromatic N) is 2. The number of H-pyrrole nitrogens is 1. The van der Waals surface area contributed by atoms with Crippen LogP contribution in [0.25, 0.3) is 0 Å². The van der Waals surface area contributed by atoms with Gasteiger partial charge in [-0.15, -0.1) is 0 Å². The highest BCUT2D eigenvalue weighted by atomic mass is 32.1. The highest BCUT2D eigenvalue weighted by Gasteiger charge is 2.42. The normalized spacial score (nSPS) is 17.7. The third kappa shape index (κ3) is 4.55. The summed E-state index contributed by atoms with van der Waals surface area (Å²) in [5.74, 6) is 0.280. The van der Waals surface area contributed by atoms with Crippen LogP contribution in [-0.4, -0.2) is 41.8 Å². The molecule has 1 aliphatic rings. The van der Waals surface area contributed by atoms with Crippen molar-refractivity contribution < 1.29 is 14.3 Å². The van der Waals surface area contributed by atoms with Crippen LogP contribution >= 0.6 is 12.2 Å². The minimum atomic E-state index is -0.268. The maximum absolute atomic E-state index is 12.2. The second kappa shape index (κ2) is 9.60. The first kappa shape index (κ1) is 22.8. The van der Waals surface area contributed by atoms with Crippen molar-refractivity contribution in [3.8, 4) is 5.75 Å². The van der Waals surface area contributed by atoms with Crippen molar-refractivity contribution in [3.05, 3.63) is 71.3 Å². The van der Waals surface area contributed by atoms with Crippen molar-refractivity contribution >= 4 is 34.6 Å². The van der Waals surface area contributed by atoms with Gasteiger partial charge in [-0.3, -0.25) is 9.78 Å². The number of amides is 1. The fraction of sp³-hybridized carbons (Fsp3) is 0.292. The fourth-order valence-electron chi connectivity index (χ4n) is 4.26. The lowest BCUT2D eigenvalue weighted by Crippen LogP contribution is -2.29. The van der Waals surface area contributed by atoms with E-state index in [1.807, 2.05) is 43.3 Å². The van der Waals surface area contributed by atoms with Gasteiger partial charge in [-0.25, -0.2) is 0 Å². The van der Waals surface area contributed by atoms with E-state index < -0.39 is 0 Å². The van der Waals surface area contributed by atoms with Crippen molar-refractivity contribution in [1.29, 1.82) is 0 Å². The Kier molecular flexibility index (Phi) is 6.62. The number of aryl methyl sites for hydroxylation is 2. The lowest BCUT2D eigenvalue weighted by atomic mass is 9.96. The monoisotopic (exact) mass is 465 g/mol. The molecule has 3 N–H and O–H groups in total. The first-order valence-corrected chi connectivity index (χ1v) is 11.0. The Bertz CT molecular complexity index is 1160. The number of methoxy groups -OCH3 is 2. The number of carbonyl (C=O) groups excluding carboxylic acids is 1. The molecular weight excluding hydrogens is 438 g/mol. The number of benzene rings is 1. The zero-order chi connectivity index (χ0) is 23.5. The molecule has 3 heterocycles. The summed E-state index contributed by atoms with van der Waals surface area (Å²) in [5.41, 5.74) is 5.52. The number of hydrogen-bond acceptors (Lipinski definition) is 5. The van der Waals surface area contributed by atoms with Crippen LogP contribution in [0.2, 0.25) is 0 Å². The molecular formula is C24H27N5O3S. The maximum Gasteiger partial charge on any atom is 0.250 e. The third-order valence-electron chi connectivity index (χ3n) is 5.62. The van der Waals surface area contributed by atoms with Gasteiger partial charge in [-0.2, -0.15) is 0 Å². The molecule has 0 aliphatic carbocycles. The summed E-state index contributed by atoms with van der Waals surface area (Å²) >= 11 is 5.80. The molecule has 1 saturated heterocycles. The molecule has 0 radical (unpaired) electrons. The van der Waals surface area contributed by atoms with E-state index >= 15 is 0 Å². The van der Waals surface area contributed by atoms with Crippen molar-refractivity contribution in [2.24, 2.45) is 0 Å². The second-order valence-corrected chi connectivity index (χ2v) is 8.28. The molecule has 33 heavy (non-hydrogen) atoms. The molecule has 9 heteroatoms. The minimum Gasteiger partial charge on any atom is -0.495 e. The third-order valence-corrected chi connectivity index (χ3v) is 5.93. The molecule has 8 nitrogen and oxygen atoms in total. The molecule has 0 unspecified atom stereocenters. The summed E-state index contributed by atoms with van der Waals surface area (Å²) in [7, 11) is 3.04. The Hall–Kier alpha value is -3.43. The van der Waals surface area contributed by atoms with E-state index in [0.717, 1.165) is 28.3 Å². The van der Waals surface area contributed by atoms with E-state index in [1.165, 1.54) is 7.11 Å². The molecule has 1 fully saturated rings. The van der Waals surface area contributed by atoms with Crippen LogP contribution in [0.4, 0.5) is 11.4 Å². The van der Waals surface area contributed by atoms with Gasteiger partial charge in [0.15, 0.2) is 5.11 Å². The standard InChI is InChI=1S/C24H27N5O3S/c1-14-11-17(15(2)26-14)23-22(18-7-5-6-10-25-18)28-24(33)29(23)16-8-9-20(32-4)19(12-16)27-21(30)13-31-3/h5-12,22-23,26H,13H2,1-4H3,(H,27,30)(H,28,33)/t22-,23+/m1/s1. The Morgan fingerprint density at radius 1 is 1.21 bits per heavy atom. The summed E-state index contributed by atoms with van der Waals surface area (Å²) in [6.07, 6.45) is 1.78. The number of nitrogens with one attached hydrogen (secondary N) is 3. The second-order valence-electron chi connectivity index (χ2n) is 7.90. The van der Waals surface area contributed by atoms with E-state index in [-0.39, 0.29) is 24.6 Å². The van der Waals surface area contributed by atoms with Gasteiger partial charge in [0.25, 0.3) is 0 Å². The van der Waals surface area contributed by atoms with Gasteiger partial charge in [0, 0.05) is 30.4 Å². The zero-order valence-corrected chi connectivity index (χ0v) is 19.8. The number of ether oxygens (including phenoxy) is 2. The van der Waals surface area contributed by atoms with Crippen LogP contribution in [0.15, 0.2) is 48.7 Å². The average molecular weight is 466 g/mol. The van der Waals surface area contributed by atoms with Crippen LogP contribution in [0, 0.1) is 13.8 Å². The van der Waals surface area contributed by atoms with E-state index in [1.54, 1.807) is 13.3 Å². The van der Waals surface area contributed by atoms with Crippen LogP contribution in [0.1, 0.15) is 34.7 Å². The summed E-state index contributed by atoms with van der Waals surface area (Å²) in [5, 5.41) is 6.89. The molecule has 0 bridgehead atoms. The van der Waals surface area contributed by atoms with Gasteiger partial charge >= 0.3 is 0 Å². The summed E-state index contributed by atoms with van der Waals surface area (Å²) in [4.78, 5) is 22.3. The summed E-state index contributed by atoms with van der Waals surface area (Å²) in [6, 6.07) is 13.3. The average Bonchev–Trinajstić information content (AvgIpc) is 3.32. The van der Waals surface area contributed by atoms with Gasteiger partial charge in [0.2, 0.25) is 5.91 Å². The first-order valence-electron chi connectivity index (χ1n) is 10.6. The molecule has 1 aliphatic heterocycles. The van der Waals surface area contributed by atoms with Gasteiger partial charge < -0.3 is 30.0 Å². The number of thiocarbonyl (C=S) groups is 1. The van der Waals surface area contributed by atoms with E-state index in [0.29, 0.717) is 16.5 Å². The molecule has 172 valence electrons. The lowest BCUT2D eigenvalue weighted by Gasteiger charge is -2.28. The van der Waals surface area contributed by atoms with Crippen LogP contribution in [0.3, 0.4) is 0 Å². The first-order chi connectivity index (χ1) is 15.9. The number of anilines is 2. The molecule has 0 saturated carbocycles. The number of hydrogen-bond donors (Lipinski definition) is 3. The van der Waals surface area contributed by atoms with Crippen molar-refractivity contribution in [3.63, 3.8) is 0 Å². The largest absolute Gasteiger partial charge is 0.495 e. The molecule has 2 atom stereocenters. The highest BCUT2D eigenvalue weighted by molar-refractivity contribution is 7.80. The van der Waals surface area contributed by atoms with Crippen LogP contribution in [-0.2, 0) is 9.53 Å². The predicted octanol–water partition coefficient (Wildman–Crippen LogP) is 3.80. The SMILES string of the molecule is COCC(=O)Nc1cc(N2C(=S)N[C@H](c3ccccn3)[C@@H]2c2cc(C)[nH]c2C)ccc1OC. The van der Waals surface area contributed by atoms with E-state index in [9.17, 15) is 4.79 Å². The molecule has 2 aromatic heterocycles. The lowest BCUT2D eigenvalue weighted by molar-refractivity contribution is -0.119. The van der Waals surface area contributed by atoms with Crippen LogP contribution < -0.4 is 20.3 Å². The number of pyridine rings is 1. The summed E-state index contributed by atoms with van der Waals surface area (Å²) < 4.78 is 10.4. The smallest absolute Gasteiger partial charge is 0.250 e. The molecule has 4 rings (SSSR count). The van der Waals surface area contributed by atoms with E-state index in [4.69, 9.17) is 21.7 Å². The Balaban J connectivity index is 1.80. The summed E-state index contributed by atoms with van der Waals surface area (Å²) in [6.45, 7) is 4.04. The maximum atomic E-state index is 12.2. The molecule has 1 amide bonds.